The molecule has 0 spiro atoms. The Balaban J connectivity index is 1.28. The van der Waals surface area contributed by atoms with Crippen molar-refractivity contribution in [2.45, 2.75) is 19.1 Å². The zero-order valence-electron chi connectivity index (χ0n) is 14.8. The topological polar surface area (TPSA) is 62.7 Å². The third-order valence-electron chi connectivity index (χ3n) is 4.95. The maximum absolute atomic E-state index is 13.6. The average Bonchev–Trinajstić information content (AvgIpc) is 3.00. The first-order chi connectivity index (χ1) is 13.1. The number of halogens is 1. The molecule has 27 heavy (non-hydrogen) atoms. The molecule has 0 saturated carbocycles. The molecule has 2 aliphatic rings. The van der Waals surface area contributed by atoms with E-state index in [2.05, 4.69) is 4.98 Å². The zero-order chi connectivity index (χ0) is 18.8. The molecule has 140 valence electrons. The molecule has 2 saturated heterocycles. The van der Waals surface area contributed by atoms with Crippen LogP contribution in [0.3, 0.4) is 0 Å². The Labute approximate surface area is 156 Å². The lowest BCUT2D eigenvalue weighted by atomic mass is 10.0. The number of ether oxygens (including phenoxy) is 1. The van der Waals surface area contributed by atoms with E-state index < -0.39 is 5.82 Å². The molecular weight excluding hydrogens is 349 g/mol. The van der Waals surface area contributed by atoms with E-state index in [-0.39, 0.29) is 36.0 Å². The van der Waals surface area contributed by atoms with E-state index in [1.165, 1.54) is 6.07 Å². The van der Waals surface area contributed by atoms with Crippen molar-refractivity contribution in [3.63, 3.8) is 0 Å². The summed E-state index contributed by atoms with van der Waals surface area (Å²) in [6.45, 7) is 1.72. The Bertz CT molecular complexity index is 839. The molecule has 0 unspecified atom stereocenters. The number of amides is 2. The second kappa shape index (κ2) is 7.34. The fourth-order valence-corrected chi connectivity index (χ4v) is 3.47. The quantitative estimate of drug-likeness (QED) is 0.807. The standard InChI is InChI=1S/C20H20FN3O3/c21-17-5-1-2-6-18(17)27-16-12-24(13-16)20(26)15-8-19(25)23(11-15)10-14-4-3-7-22-9-14/h1-7,9,15-16H,8,10-13H2/t15-/m1/s1. The number of pyridine rings is 1. The Kier molecular flexibility index (Phi) is 4.75. The van der Waals surface area contributed by atoms with E-state index in [0.717, 1.165) is 5.56 Å². The van der Waals surface area contributed by atoms with Gasteiger partial charge in [-0.3, -0.25) is 14.6 Å². The first-order valence-electron chi connectivity index (χ1n) is 8.97. The highest BCUT2D eigenvalue weighted by molar-refractivity contribution is 5.89. The minimum Gasteiger partial charge on any atom is -0.484 e. The van der Waals surface area contributed by atoms with Crippen LogP contribution in [0.4, 0.5) is 4.39 Å². The van der Waals surface area contributed by atoms with Gasteiger partial charge in [-0.25, -0.2) is 4.39 Å². The lowest BCUT2D eigenvalue weighted by molar-refractivity contribution is -0.144. The van der Waals surface area contributed by atoms with E-state index in [1.54, 1.807) is 40.4 Å². The number of hydrogen-bond acceptors (Lipinski definition) is 4. The lowest BCUT2D eigenvalue weighted by Crippen LogP contribution is -2.57. The smallest absolute Gasteiger partial charge is 0.228 e. The summed E-state index contributed by atoms with van der Waals surface area (Å²) in [7, 11) is 0. The average molecular weight is 369 g/mol. The van der Waals surface area contributed by atoms with Gasteiger partial charge >= 0.3 is 0 Å². The van der Waals surface area contributed by atoms with Crippen LogP contribution >= 0.6 is 0 Å². The van der Waals surface area contributed by atoms with Crippen LogP contribution in [0.5, 0.6) is 5.75 Å². The van der Waals surface area contributed by atoms with Crippen LogP contribution in [0.15, 0.2) is 48.8 Å². The van der Waals surface area contributed by atoms with Gasteiger partial charge in [0.2, 0.25) is 11.8 Å². The van der Waals surface area contributed by atoms with Gasteiger partial charge in [-0.05, 0) is 23.8 Å². The second-order valence-corrected chi connectivity index (χ2v) is 6.95. The summed E-state index contributed by atoms with van der Waals surface area (Å²) in [5, 5.41) is 0. The lowest BCUT2D eigenvalue weighted by Gasteiger charge is -2.40. The Morgan fingerprint density at radius 3 is 2.74 bits per heavy atom. The summed E-state index contributed by atoms with van der Waals surface area (Å²) in [5.74, 6) is -0.589. The second-order valence-electron chi connectivity index (χ2n) is 6.95. The molecular formula is C20H20FN3O3. The fraction of sp³-hybridized carbons (Fsp3) is 0.350. The van der Waals surface area contributed by atoms with Crippen molar-refractivity contribution in [3.05, 3.63) is 60.2 Å². The molecule has 6 nitrogen and oxygen atoms in total. The highest BCUT2D eigenvalue weighted by Gasteiger charge is 2.41. The normalized spacial score (nSPS) is 19.9. The van der Waals surface area contributed by atoms with Gasteiger partial charge in [0.25, 0.3) is 0 Å². The number of carbonyl (C=O) groups is 2. The molecule has 2 amide bonds. The van der Waals surface area contributed by atoms with Crippen molar-refractivity contribution >= 4 is 11.8 Å². The van der Waals surface area contributed by atoms with Crippen LogP contribution in [-0.2, 0) is 16.1 Å². The molecule has 2 aromatic rings. The molecule has 0 radical (unpaired) electrons. The van der Waals surface area contributed by atoms with Crippen LogP contribution in [-0.4, -0.2) is 52.3 Å². The van der Waals surface area contributed by atoms with Gasteiger partial charge in [-0.15, -0.1) is 0 Å². The van der Waals surface area contributed by atoms with Crippen molar-refractivity contribution in [1.82, 2.24) is 14.8 Å². The molecule has 1 aromatic carbocycles. The van der Waals surface area contributed by atoms with E-state index in [4.69, 9.17) is 4.74 Å². The number of likely N-dealkylation sites (tertiary alicyclic amines) is 2. The van der Waals surface area contributed by atoms with Crippen molar-refractivity contribution < 1.29 is 18.7 Å². The van der Waals surface area contributed by atoms with Gasteiger partial charge in [0.15, 0.2) is 11.6 Å². The third kappa shape index (κ3) is 3.77. The molecule has 1 aromatic heterocycles. The summed E-state index contributed by atoms with van der Waals surface area (Å²) in [4.78, 5) is 32.3. The first kappa shape index (κ1) is 17.5. The minimum atomic E-state index is -0.408. The van der Waals surface area contributed by atoms with Gasteiger partial charge < -0.3 is 14.5 Å². The van der Waals surface area contributed by atoms with Crippen LogP contribution < -0.4 is 4.74 Å². The molecule has 0 bridgehead atoms. The Morgan fingerprint density at radius 2 is 2.00 bits per heavy atom. The van der Waals surface area contributed by atoms with Crippen molar-refractivity contribution in [1.29, 1.82) is 0 Å². The molecule has 2 fully saturated rings. The Hall–Kier alpha value is -2.96. The molecule has 1 atom stereocenters. The highest BCUT2D eigenvalue weighted by Crippen LogP contribution is 2.26. The number of rotatable bonds is 5. The molecule has 3 heterocycles. The number of carbonyl (C=O) groups excluding carboxylic acids is 2. The molecule has 0 N–H and O–H groups in total. The maximum atomic E-state index is 13.6. The van der Waals surface area contributed by atoms with Gasteiger partial charge in [0.1, 0.15) is 6.10 Å². The van der Waals surface area contributed by atoms with E-state index in [1.807, 2.05) is 12.1 Å². The van der Waals surface area contributed by atoms with Crippen LogP contribution in [0.25, 0.3) is 0 Å². The van der Waals surface area contributed by atoms with Crippen LogP contribution in [0.2, 0.25) is 0 Å². The number of aromatic nitrogens is 1. The van der Waals surface area contributed by atoms with E-state index >= 15 is 0 Å². The van der Waals surface area contributed by atoms with Gasteiger partial charge in [0, 0.05) is 31.9 Å². The number of para-hydroxylation sites is 1. The highest BCUT2D eigenvalue weighted by atomic mass is 19.1. The molecule has 2 aliphatic heterocycles. The summed E-state index contributed by atoms with van der Waals surface area (Å²) >= 11 is 0. The number of hydrogen-bond donors (Lipinski definition) is 0. The van der Waals surface area contributed by atoms with Crippen LogP contribution in [0, 0.1) is 11.7 Å². The molecule has 4 rings (SSSR count). The summed E-state index contributed by atoms with van der Waals surface area (Å²) < 4.78 is 19.2. The summed E-state index contributed by atoms with van der Waals surface area (Å²) in [5.41, 5.74) is 0.946. The molecule has 0 aliphatic carbocycles. The van der Waals surface area contributed by atoms with Crippen molar-refractivity contribution in [2.75, 3.05) is 19.6 Å². The largest absolute Gasteiger partial charge is 0.484 e. The Morgan fingerprint density at radius 1 is 1.19 bits per heavy atom. The minimum absolute atomic E-state index is 0.0168. The van der Waals surface area contributed by atoms with Crippen molar-refractivity contribution in [3.8, 4) is 5.75 Å². The monoisotopic (exact) mass is 369 g/mol. The van der Waals surface area contributed by atoms with Crippen molar-refractivity contribution in [2.24, 2.45) is 5.92 Å². The number of benzene rings is 1. The van der Waals surface area contributed by atoms with Gasteiger partial charge in [-0.2, -0.15) is 0 Å². The zero-order valence-corrected chi connectivity index (χ0v) is 14.8. The van der Waals surface area contributed by atoms with Gasteiger partial charge in [0.05, 0.1) is 19.0 Å². The first-order valence-corrected chi connectivity index (χ1v) is 8.97. The fourth-order valence-electron chi connectivity index (χ4n) is 3.47. The maximum Gasteiger partial charge on any atom is 0.228 e. The summed E-state index contributed by atoms with van der Waals surface area (Å²) in [6, 6.07) is 9.97. The predicted octanol–water partition coefficient (Wildman–Crippen LogP) is 1.86. The van der Waals surface area contributed by atoms with E-state index in [0.29, 0.717) is 26.2 Å². The molecule has 7 heteroatoms. The van der Waals surface area contributed by atoms with Crippen LogP contribution in [0.1, 0.15) is 12.0 Å². The van der Waals surface area contributed by atoms with Gasteiger partial charge in [-0.1, -0.05) is 18.2 Å². The summed E-state index contributed by atoms with van der Waals surface area (Å²) in [6.07, 6.45) is 3.43. The third-order valence-corrected chi connectivity index (χ3v) is 4.95. The SMILES string of the molecule is O=C1C[C@@H](C(=O)N2CC(Oc3ccccc3F)C2)CN1Cc1cccnc1. The number of nitrogens with zero attached hydrogens (tertiary/aromatic N) is 3. The van der Waals surface area contributed by atoms with E-state index in [9.17, 15) is 14.0 Å². The predicted molar refractivity (Wildman–Crippen MR) is 95.2 cm³/mol.